The molecule has 4 heterocycles. The molecule has 0 aliphatic carbocycles. The van der Waals surface area contributed by atoms with Gasteiger partial charge in [0, 0.05) is 31.0 Å². The molecular formula is C21H26ClN7O5S2. The SMILES string of the molecule is CCS(=O)(=O)O.CNC(=O)CC1=Cc2nn(Cc3ncc(C)c(OC)c3Cl)c3nc(N)nc(c23)SC1. The summed E-state index contributed by atoms with van der Waals surface area (Å²) in [6.07, 6.45) is 3.92. The van der Waals surface area contributed by atoms with Crippen LogP contribution in [-0.4, -0.2) is 69.3 Å². The number of aryl methyl sites for hydroxylation is 1. The first-order valence-corrected chi connectivity index (χ1v) is 13.6. The molecule has 1 aliphatic rings. The van der Waals surface area contributed by atoms with Crippen molar-refractivity contribution in [1.82, 2.24) is 30.0 Å². The highest BCUT2D eigenvalue weighted by Gasteiger charge is 2.23. The average molecular weight is 556 g/mol. The van der Waals surface area contributed by atoms with Crippen LogP contribution in [0, 0.1) is 6.92 Å². The van der Waals surface area contributed by atoms with Crippen LogP contribution in [0.1, 0.15) is 30.3 Å². The van der Waals surface area contributed by atoms with Crippen LogP contribution >= 0.6 is 23.4 Å². The summed E-state index contributed by atoms with van der Waals surface area (Å²) >= 11 is 8.02. The van der Waals surface area contributed by atoms with E-state index in [1.165, 1.54) is 18.7 Å². The lowest BCUT2D eigenvalue weighted by Gasteiger charge is -2.11. The molecule has 0 saturated heterocycles. The number of carbonyl (C=O) groups is 1. The number of ether oxygens (including phenoxy) is 1. The summed E-state index contributed by atoms with van der Waals surface area (Å²) in [5.41, 5.74) is 9.64. The third-order valence-corrected chi connectivity index (χ3v) is 7.30. The van der Waals surface area contributed by atoms with E-state index in [4.69, 9.17) is 31.7 Å². The quantitative estimate of drug-likeness (QED) is 0.300. The number of hydrogen-bond donors (Lipinski definition) is 3. The number of hydrogen-bond acceptors (Lipinski definition) is 10. The summed E-state index contributed by atoms with van der Waals surface area (Å²) in [5.74, 6) is 1.10. The largest absolute Gasteiger partial charge is 0.495 e. The molecule has 0 radical (unpaired) electrons. The maximum Gasteiger partial charge on any atom is 0.264 e. The summed E-state index contributed by atoms with van der Waals surface area (Å²) in [6.45, 7) is 3.53. The van der Waals surface area contributed by atoms with E-state index in [9.17, 15) is 13.2 Å². The number of anilines is 1. The summed E-state index contributed by atoms with van der Waals surface area (Å²) in [6, 6.07) is 0. The maximum absolute atomic E-state index is 11.9. The van der Waals surface area contributed by atoms with Crippen molar-refractivity contribution in [2.45, 2.75) is 31.8 Å². The highest BCUT2D eigenvalue weighted by atomic mass is 35.5. The zero-order valence-electron chi connectivity index (χ0n) is 20.1. The molecule has 0 atom stereocenters. The number of nitrogens with one attached hydrogen (secondary N) is 1. The molecule has 0 spiro atoms. The van der Waals surface area contributed by atoms with Crippen molar-refractivity contribution >= 4 is 62.4 Å². The Kier molecular flexibility index (Phi) is 8.76. The van der Waals surface area contributed by atoms with Gasteiger partial charge in [0.2, 0.25) is 11.9 Å². The van der Waals surface area contributed by atoms with Gasteiger partial charge >= 0.3 is 0 Å². The zero-order chi connectivity index (χ0) is 26.6. The minimum atomic E-state index is -3.66. The Morgan fingerprint density at radius 3 is 2.69 bits per heavy atom. The number of halogens is 1. The Morgan fingerprint density at radius 2 is 2.08 bits per heavy atom. The van der Waals surface area contributed by atoms with Crippen molar-refractivity contribution < 1.29 is 22.5 Å². The number of nitrogen functional groups attached to an aromatic ring is 1. The number of nitrogens with zero attached hydrogens (tertiary/aromatic N) is 5. The molecule has 0 bridgehead atoms. The summed E-state index contributed by atoms with van der Waals surface area (Å²) in [5, 5.41) is 9.34. The Morgan fingerprint density at radius 1 is 1.39 bits per heavy atom. The Hall–Kier alpha value is -2.94. The summed E-state index contributed by atoms with van der Waals surface area (Å²) < 4.78 is 34.0. The van der Waals surface area contributed by atoms with E-state index in [2.05, 4.69) is 20.3 Å². The van der Waals surface area contributed by atoms with Crippen molar-refractivity contribution in [1.29, 1.82) is 0 Å². The molecule has 3 aromatic heterocycles. The summed E-state index contributed by atoms with van der Waals surface area (Å²) in [7, 11) is -0.473. The zero-order valence-corrected chi connectivity index (χ0v) is 22.5. The molecule has 194 valence electrons. The highest BCUT2D eigenvalue weighted by molar-refractivity contribution is 7.99. The van der Waals surface area contributed by atoms with Gasteiger partial charge in [0.1, 0.15) is 15.8 Å². The Bertz CT molecular complexity index is 1440. The van der Waals surface area contributed by atoms with E-state index in [0.29, 0.717) is 33.6 Å². The van der Waals surface area contributed by atoms with Gasteiger partial charge in [-0.3, -0.25) is 14.3 Å². The number of thioether (sulfide) groups is 1. The highest BCUT2D eigenvalue weighted by Crippen LogP contribution is 2.36. The fraction of sp³-hybridized carbons (Fsp3) is 0.381. The molecule has 4 N–H and O–H groups in total. The van der Waals surface area contributed by atoms with Gasteiger partial charge in [0.05, 0.1) is 36.2 Å². The third-order valence-electron chi connectivity index (χ3n) is 5.10. The number of pyridine rings is 1. The van der Waals surface area contributed by atoms with Gasteiger partial charge in [0.15, 0.2) is 5.65 Å². The van der Waals surface area contributed by atoms with Crippen molar-refractivity contribution in [2.24, 2.45) is 0 Å². The van der Waals surface area contributed by atoms with Crippen LogP contribution in [-0.2, 0) is 21.5 Å². The second-order valence-electron chi connectivity index (χ2n) is 7.68. The van der Waals surface area contributed by atoms with E-state index in [1.54, 1.807) is 25.0 Å². The first kappa shape index (κ1) is 27.6. The lowest BCUT2D eigenvalue weighted by atomic mass is 10.1. The number of methoxy groups -OCH3 is 1. The molecule has 15 heteroatoms. The fourth-order valence-electron chi connectivity index (χ4n) is 3.29. The molecule has 0 unspecified atom stereocenters. The second kappa shape index (κ2) is 11.4. The molecular weight excluding hydrogens is 530 g/mol. The molecule has 0 aromatic carbocycles. The Labute approximate surface area is 217 Å². The molecule has 0 saturated carbocycles. The molecule has 1 amide bonds. The minimum absolute atomic E-state index is 0.0585. The topological polar surface area (TPSA) is 175 Å². The van der Waals surface area contributed by atoms with Crippen LogP contribution < -0.4 is 15.8 Å². The van der Waals surface area contributed by atoms with Crippen molar-refractivity contribution in [3.8, 4) is 5.75 Å². The summed E-state index contributed by atoms with van der Waals surface area (Å²) in [4.78, 5) is 25.1. The first-order valence-electron chi connectivity index (χ1n) is 10.7. The van der Waals surface area contributed by atoms with E-state index < -0.39 is 10.1 Å². The van der Waals surface area contributed by atoms with Crippen LogP contribution in [0.25, 0.3) is 17.1 Å². The molecule has 3 aromatic rings. The van der Waals surface area contributed by atoms with Crippen molar-refractivity contribution in [2.75, 3.05) is 31.4 Å². The van der Waals surface area contributed by atoms with E-state index in [1.807, 2.05) is 13.0 Å². The standard InChI is InChI=1S/C19H20ClN7O2S.C2H6O3S/c1-9-6-23-12(15(20)16(9)29-3)7-27-17-14-11(26-27)4-10(5-13(28)22-2)8-30-18(14)25-19(21)24-17;1-2-6(3,4)5/h4,6H,5,7-8H2,1-3H3,(H,22,28)(H2,21,24,25);2H2,1H3,(H,3,4,5). The predicted molar refractivity (Wildman–Crippen MR) is 139 cm³/mol. The van der Waals surface area contributed by atoms with Crippen LogP contribution in [0.4, 0.5) is 5.95 Å². The average Bonchev–Trinajstić information content (AvgIpc) is 3.05. The number of rotatable bonds is 6. The molecule has 36 heavy (non-hydrogen) atoms. The van der Waals surface area contributed by atoms with Gasteiger partial charge in [-0.15, -0.1) is 11.8 Å². The van der Waals surface area contributed by atoms with E-state index in [0.717, 1.165) is 21.5 Å². The van der Waals surface area contributed by atoms with Crippen LogP contribution in [0.3, 0.4) is 0 Å². The molecule has 12 nitrogen and oxygen atoms in total. The normalized spacial score (nSPS) is 12.9. The second-order valence-corrected chi connectivity index (χ2v) is 10.8. The number of aromatic nitrogens is 5. The lowest BCUT2D eigenvalue weighted by molar-refractivity contribution is -0.119. The minimum Gasteiger partial charge on any atom is -0.495 e. The number of carbonyl (C=O) groups excluding carboxylic acids is 1. The predicted octanol–water partition coefficient (Wildman–Crippen LogP) is 2.34. The number of nitrogens with two attached hydrogens (primary N) is 1. The number of amides is 1. The third kappa shape index (κ3) is 6.43. The smallest absolute Gasteiger partial charge is 0.264 e. The monoisotopic (exact) mass is 555 g/mol. The van der Waals surface area contributed by atoms with Crippen LogP contribution in [0.5, 0.6) is 5.75 Å². The van der Waals surface area contributed by atoms with E-state index in [-0.39, 0.29) is 30.6 Å². The van der Waals surface area contributed by atoms with Gasteiger partial charge < -0.3 is 15.8 Å². The first-order chi connectivity index (χ1) is 17.0. The molecule has 1 aliphatic heterocycles. The van der Waals surface area contributed by atoms with Gasteiger partial charge in [-0.1, -0.05) is 11.6 Å². The molecule has 4 rings (SSSR count). The lowest BCUT2D eigenvalue weighted by Crippen LogP contribution is -2.18. The van der Waals surface area contributed by atoms with Gasteiger partial charge in [-0.05, 0) is 25.5 Å². The van der Waals surface area contributed by atoms with Gasteiger partial charge in [0.25, 0.3) is 10.1 Å². The van der Waals surface area contributed by atoms with Gasteiger partial charge in [-0.25, -0.2) is 9.67 Å². The van der Waals surface area contributed by atoms with Crippen LogP contribution in [0.15, 0.2) is 16.8 Å². The van der Waals surface area contributed by atoms with Crippen molar-refractivity contribution in [3.05, 3.63) is 33.7 Å². The van der Waals surface area contributed by atoms with E-state index >= 15 is 0 Å². The maximum atomic E-state index is 11.9. The van der Waals surface area contributed by atoms with Crippen molar-refractivity contribution in [3.63, 3.8) is 0 Å². The van der Waals surface area contributed by atoms with Gasteiger partial charge in [-0.2, -0.15) is 18.5 Å². The Balaban J connectivity index is 0.000000538. The van der Waals surface area contributed by atoms with Crippen LogP contribution in [0.2, 0.25) is 5.02 Å². The fourth-order valence-corrected chi connectivity index (χ4v) is 4.63. The molecule has 0 fully saturated rings.